The third kappa shape index (κ3) is 9.22. The fourth-order valence-electron chi connectivity index (χ4n) is 3.92. The molecule has 38 heavy (non-hydrogen) atoms. The van der Waals surface area contributed by atoms with Crippen molar-refractivity contribution in [2.45, 2.75) is 25.5 Å². The van der Waals surface area contributed by atoms with E-state index in [9.17, 15) is 18.7 Å². The van der Waals surface area contributed by atoms with Gasteiger partial charge >= 0.3 is 0 Å². The average Bonchev–Trinajstić information content (AvgIpc) is 3.28. The molecule has 0 saturated carbocycles. The van der Waals surface area contributed by atoms with Crippen molar-refractivity contribution in [1.82, 2.24) is 14.9 Å². The first-order valence-corrected chi connectivity index (χ1v) is 11.7. The molecule has 1 amide bonds. The summed E-state index contributed by atoms with van der Waals surface area (Å²) in [5.41, 5.74) is 3.11. The lowest BCUT2D eigenvalue weighted by Gasteiger charge is -2.12. The number of halogens is 4. The molecule has 0 bridgehead atoms. The van der Waals surface area contributed by atoms with Gasteiger partial charge in [-0.25, -0.2) is 13.8 Å². The summed E-state index contributed by atoms with van der Waals surface area (Å²) >= 11 is 0. The topological polar surface area (TPSA) is 79.2 Å². The van der Waals surface area contributed by atoms with Gasteiger partial charge in [-0.15, -0.1) is 24.8 Å². The van der Waals surface area contributed by atoms with Crippen molar-refractivity contribution < 1.29 is 18.7 Å². The Hall–Kier alpha value is -3.30. The number of aromatic nitrogens is 2. The number of carbonyl (C=O) groups is 1. The first kappa shape index (κ1) is 30.9. The van der Waals surface area contributed by atoms with E-state index in [1.807, 2.05) is 54.6 Å². The average molecular weight is 563 g/mol. The molecule has 0 unspecified atom stereocenters. The van der Waals surface area contributed by atoms with Gasteiger partial charge in [-0.05, 0) is 53.9 Å². The number of amides is 1. The molecule has 0 radical (unpaired) electrons. The van der Waals surface area contributed by atoms with E-state index in [1.54, 1.807) is 17.0 Å². The zero-order chi connectivity index (χ0) is 25.3. The molecule has 0 aliphatic carbocycles. The molecule has 4 aromatic rings. The van der Waals surface area contributed by atoms with E-state index in [0.29, 0.717) is 30.2 Å². The Morgan fingerprint density at radius 1 is 0.947 bits per heavy atom. The summed E-state index contributed by atoms with van der Waals surface area (Å²) in [4.78, 5) is 16.8. The van der Waals surface area contributed by atoms with Crippen LogP contribution in [0, 0.1) is 11.6 Å². The van der Waals surface area contributed by atoms with Crippen LogP contribution in [0.4, 0.5) is 14.5 Å². The third-order valence-corrected chi connectivity index (χ3v) is 5.75. The minimum absolute atomic E-state index is 0. The lowest BCUT2D eigenvalue weighted by atomic mass is 10.1. The van der Waals surface area contributed by atoms with Gasteiger partial charge in [0.25, 0.3) is 0 Å². The Kier molecular flexibility index (Phi) is 12.4. The molecule has 6 nitrogen and oxygen atoms in total. The minimum Gasteiger partial charge on any atom is -0.387 e. The van der Waals surface area contributed by atoms with Crippen molar-refractivity contribution in [3.63, 3.8) is 0 Å². The van der Waals surface area contributed by atoms with E-state index in [1.165, 1.54) is 12.1 Å². The van der Waals surface area contributed by atoms with Crippen molar-refractivity contribution in [3.05, 3.63) is 119 Å². The first-order chi connectivity index (χ1) is 17.5. The molecule has 202 valence electrons. The largest absolute Gasteiger partial charge is 0.387 e. The predicted molar refractivity (Wildman–Crippen MR) is 149 cm³/mol. The van der Waals surface area contributed by atoms with Gasteiger partial charge in [-0.3, -0.25) is 4.79 Å². The highest BCUT2D eigenvalue weighted by molar-refractivity contribution is 5.91. The fourth-order valence-corrected chi connectivity index (χ4v) is 3.92. The van der Waals surface area contributed by atoms with Crippen molar-refractivity contribution in [1.29, 1.82) is 0 Å². The van der Waals surface area contributed by atoms with E-state index in [-0.39, 0.29) is 43.7 Å². The second-order valence-corrected chi connectivity index (χ2v) is 8.55. The zero-order valence-corrected chi connectivity index (χ0v) is 22.2. The zero-order valence-electron chi connectivity index (χ0n) is 20.5. The van der Waals surface area contributed by atoms with Crippen LogP contribution in [0.5, 0.6) is 0 Å². The Morgan fingerprint density at radius 3 is 2.32 bits per heavy atom. The molecule has 0 aliphatic rings. The number of imidazole rings is 1. The van der Waals surface area contributed by atoms with Gasteiger partial charge in [-0.2, -0.15) is 0 Å². The van der Waals surface area contributed by atoms with Gasteiger partial charge < -0.3 is 20.3 Å². The lowest BCUT2D eigenvalue weighted by Crippen LogP contribution is -2.23. The standard InChI is InChI=1S/C28H28F2N4O2.2ClH/c29-23-14-21(15-24(30)16-23)19-34-13-12-32-27(34)17-28(36)33-25-8-6-20(7-9-25)10-11-31-18-26(35)22-4-2-1-3-5-22;;/h1-9,12-16,26,31,35H,10-11,17-19H2,(H,33,36);2*1H/t26-;;/m0../s1. The summed E-state index contributed by atoms with van der Waals surface area (Å²) in [6.07, 6.45) is 3.50. The van der Waals surface area contributed by atoms with E-state index in [2.05, 4.69) is 15.6 Å². The number of carbonyl (C=O) groups excluding carboxylic acids is 1. The van der Waals surface area contributed by atoms with E-state index in [0.717, 1.165) is 23.6 Å². The van der Waals surface area contributed by atoms with Gasteiger partial charge in [0.05, 0.1) is 12.5 Å². The molecule has 10 heteroatoms. The number of nitrogens with zero attached hydrogens (tertiary/aromatic N) is 2. The molecular weight excluding hydrogens is 533 g/mol. The van der Waals surface area contributed by atoms with Crippen LogP contribution in [0.25, 0.3) is 0 Å². The highest BCUT2D eigenvalue weighted by Crippen LogP contribution is 2.14. The van der Waals surface area contributed by atoms with E-state index in [4.69, 9.17) is 0 Å². The number of rotatable bonds is 11. The second kappa shape index (κ2) is 15.2. The maximum atomic E-state index is 13.5. The molecular formula is C28H30Cl2F2N4O2. The molecule has 3 N–H and O–H groups in total. The van der Waals surface area contributed by atoms with Crippen LogP contribution < -0.4 is 10.6 Å². The number of aliphatic hydroxyl groups is 1. The van der Waals surface area contributed by atoms with Crippen molar-refractivity contribution in [3.8, 4) is 0 Å². The number of aliphatic hydroxyl groups excluding tert-OH is 1. The number of hydrogen-bond acceptors (Lipinski definition) is 4. The Labute approximate surface area is 232 Å². The van der Waals surface area contributed by atoms with Crippen LogP contribution in [-0.2, 0) is 24.2 Å². The highest BCUT2D eigenvalue weighted by atomic mass is 35.5. The van der Waals surface area contributed by atoms with Gasteiger partial charge in [0.1, 0.15) is 17.5 Å². The second-order valence-electron chi connectivity index (χ2n) is 8.55. The van der Waals surface area contributed by atoms with Gasteiger partial charge in [0.2, 0.25) is 5.91 Å². The summed E-state index contributed by atoms with van der Waals surface area (Å²) in [5, 5.41) is 16.3. The third-order valence-electron chi connectivity index (χ3n) is 5.75. The molecule has 1 atom stereocenters. The van der Waals surface area contributed by atoms with Crippen molar-refractivity contribution in [2.75, 3.05) is 18.4 Å². The number of benzene rings is 3. The highest BCUT2D eigenvalue weighted by Gasteiger charge is 2.11. The number of anilines is 1. The first-order valence-electron chi connectivity index (χ1n) is 11.7. The quantitative estimate of drug-likeness (QED) is 0.222. The SMILES string of the molecule is Cl.Cl.O=C(Cc1nccn1Cc1cc(F)cc(F)c1)Nc1ccc(CCNC[C@H](O)c2ccccc2)cc1. The van der Waals surface area contributed by atoms with Gasteiger partial charge in [0.15, 0.2) is 0 Å². The molecule has 4 rings (SSSR count). The fraction of sp³-hybridized carbons (Fsp3) is 0.214. The maximum Gasteiger partial charge on any atom is 0.231 e. The Balaban J connectivity index is 0.00000253. The van der Waals surface area contributed by atoms with Crippen LogP contribution in [0.2, 0.25) is 0 Å². The molecule has 3 aromatic carbocycles. The molecule has 0 saturated heterocycles. The normalized spacial score (nSPS) is 11.2. The summed E-state index contributed by atoms with van der Waals surface area (Å²) in [7, 11) is 0. The van der Waals surface area contributed by atoms with Crippen molar-refractivity contribution in [2.24, 2.45) is 0 Å². The van der Waals surface area contributed by atoms with Gasteiger partial charge in [0, 0.05) is 37.2 Å². The van der Waals surface area contributed by atoms with E-state index >= 15 is 0 Å². The van der Waals surface area contributed by atoms with Gasteiger partial charge in [-0.1, -0.05) is 42.5 Å². The predicted octanol–water partition coefficient (Wildman–Crippen LogP) is 5.10. The molecule has 1 heterocycles. The van der Waals surface area contributed by atoms with Crippen molar-refractivity contribution >= 4 is 36.4 Å². The van der Waals surface area contributed by atoms with Crippen LogP contribution in [0.15, 0.2) is 85.2 Å². The minimum atomic E-state index is -0.645. The van der Waals surface area contributed by atoms with Crippen LogP contribution in [-0.4, -0.2) is 33.7 Å². The molecule has 0 fully saturated rings. The lowest BCUT2D eigenvalue weighted by molar-refractivity contribution is -0.115. The summed E-state index contributed by atoms with van der Waals surface area (Å²) < 4.78 is 28.6. The Bertz CT molecular complexity index is 1270. The number of nitrogens with one attached hydrogen (secondary N) is 2. The smallest absolute Gasteiger partial charge is 0.231 e. The van der Waals surface area contributed by atoms with Crippen LogP contribution in [0.3, 0.4) is 0 Å². The monoisotopic (exact) mass is 562 g/mol. The summed E-state index contributed by atoms with van der Waals surface area (Å²) in [6, 6.07) is 20.5. The van der Waals surface area contributed by atoms with Crippen LogP contribution >= 0.6 is 24.8 Å². The Morgan fingerprint density at radius 2 is 1.63 bits per heavy atom. The van der Waals surface area contributed by atoms with E-state index < -0.39 is 17.7 Å². The molecule has 1 aromatic heterocycles. The van der Waals surface area contributed by atoms with Crippen LogP contribution in [0.1, 0.15) is 28.6 Å². The molecule has 0 spiro atoms. The summed E-state index contributed by atoms with van der Waals surface area (Å²) in [6.45, 7) is 1.40. The number of hydrogen-bond donors (Lipinski definition) is 3. The maximum absolute atomic E-state index is 13.5. The summed E-state index contributed by atoms with van der Waals surface area (Å²) in [5.74, 6) is -1.03. The molecule has 0 aliphatic heterocycles.